The normalized spacial score (nSPS) is 28.9. The van der Waals surface area contributed by atoms with Gasteiger partial charge in [-0.25, -0.2) is 4.79 Å². The van der Waals surface area contributed by atoms with Gasteiger partial charge >= 0.3 is 12.0 Å². The molecule has 3 N–H and O–H groups in total. The molecule has 0 aromatic carbocycles. The third-order valence-electron chi connectivity index (χ3n) is 4.51. The first-order valence-electron chi connectivity index (χ1n) is 7.37. The lowest BCUT2D eigenvalue weighted by molar-refractivity contribution is -0.142. The molecule has 20 heavy (non-hydrogen) atoms. The summed E-state index contributed by atoms with van der Waals surface area (Å²) in [5, 5.41) is 14.9. The molecule has 6 heteroatoms. The smallest absolute Gasteiger partial charge is 0.315 e. The van der Waals surface area contributed by atoms with E-state index in [0.717, 1.165) is 32.1 Å². The molecule has 2 fully saturated rings. The van der Waals surface area contributed by atoms with Crippen molar-refractivity contribution in [1.29, 1.82) is 0 Å². The van der Waals surface area contributed by atoms with Crippen LogP contribution in [0, 0.1) is 11.8 Å². The van der Waals surface area contributed by atoms with E-state index in [1.807, 2.05) is 6.92 Å². The Kier molecular flexibility index (Phi) is 4.86. The van der Waals surface area contributed by atoms with Crippen LogP contribution in [-0.2, 0) is 9.53 Å². The lowest BCUT2D eigenvalue weighted by atomic mass is 9.93. The summed E-state index contributed by atoms with van der Waals surface area (Å²) in [6.45, 7) is 3.79. The molecule has 0 spiro atoms. The summed E-state index contributed by atoms with van der Waals surface area (Å²) in [5.74, 6) is -0.999. The molecule has 0 radical (unpaired) electrons. The third kappa shape index (κ3) is 3.85. The summed E-state index contributed by atoms with van der Waals surface area (Å²) in [4.78, 5) is 23.0. The van der Waals surface area contributed by atoms with Gasteiger partial charge in [-0.05, 0) is 38.5 Å². The van der Waals surface area contributed by atoms with Crippen molar-refractivity contribution in [1.82, 2.24) is 10.6 Å². The van der Waals surface area contributed by atoms with E-state index in [1.54, 1.807) is 0 Å². The molecule has 114 valence electrons. The van der Waals surface area contributed by atoms with Gasteiger partial charge in [-0.15, -0.1) is 0 Å². The van der Waals surface area contributed by atoms with Gasteiger partial charge in [-0.3, -0.25) is 4.79 Å². The van der Waals surface area contributed by atoms with Gasteiger partial charge in [0.25, 0.3) is 0 Å². The molecule has 1 saturated carbocycles. The quantitative estimate of drug-likeness (QED) is 0.727. The number of carboxylic acid groups (broad SMARTS) is 1. The summed E-state index contributed by atoms with van der Waals surface area (Å²) in [5.41, 5.74) is -0.218. The average Bonchev–Trinajstić information content (AvgIpc) is 2.85. The van der Waals surface area contributed by atoms with Gasteiger partial charge < -0.3 is 20.5 Å². The van der Waals surface area contributed by atoms with Crippen molar-refractivity contribution in [2.24, 2.45) is 11.8 Å². The Bertz CT molecular complexity index is 366. The maximum Gasteiger partial charge on any atom is 0.315 e. The number of nitrogens with one attached hydrogen (secondary N) is 2. The topological polar surface area (TPSA) is 87.7 Å². The van der Waals surface area contributed by atoms with E-state index in [-0.39, 0.29) is 23.4 Å². The highest BCUT2D eigenvalue weighted by Gasteiger charge is 2.33. The van der Waals surface area contributed by atoms with E-state index in [9.17, 15) is 9.59 Å². The molecular formula is C14H24N2O4. The molecule has 1 heterocycles. The van der Waals surface area contributed by atoms with Gasteiger partial charge in [0.15, 0.2) is 0 Å². The maximum absolute atomic E-state index is 11.9. The minimum atomic E-state index is -0.744. The van der Waals surface area contributed by atoms with Gasteiger partial charge in [0, 0.05) is 25.3 Å². The van der Waals surface area contributed by atoms with Crippen molar-refractivity contribution in [3.8, 4) is 0 Å². The van der Waals surface area contributed by atoms with Crippen LogP contribution in [0.5, 0.6) is 0 Å². The van der Waals surface area contributed by atoms with Crippen LogP contribution in [0.2, 0.25) is 0 Å². The summed E-state index contributed by atoms with van der Waals surface area (Å²) in [6.07, 6.45) is 4.14. The van der Waals surface area contributed by atoms with Gasteiger partial charge in [0.05, 0.1) is 5.92 Å². The molecule has 2 atom stereocenters. The second kappa shape index (κ2) is 6.43. The highest BCUT2D eigenvalue weighted by atomic mass is 16.5. The van der Waals surface area contributed by atoms with Gasteiger partial charge in [0.2, 0.25) is 0 Å². The minimum absolute atomic E-state index is 0.0562. The van der Waals surface area contributed by atoms with E-state index in [0.29, 0.717) is 19.8 Å². The zero-order valence-corrected chi connectivity index (χ0v) is 12.0. The number of aliphatic carboxylic acids is 1. The largest absolute Gasteiger partial charge is 0.481 e. The first kappa shape index (κ1) is 15.1. The third-order valence-corrected chi connectivity index (χ3v) is 4.51. The maximum atomic E-state index is 11.9. The van der Waals surface area contributed by atoms with Gasteiger partial charge in [-0.2, -0.15) is 0 Å². The van der Waals surface area contributed by atoms with Crippen molar-refractivity contribution in [3.05, 3.63) is 0 Å². The highest BCUT2D eigenvalue weighted by Crippen LogP contribution is 2.31. The predicted molar refractivity (Wildman–Crippen MR) is 73.5 cm³/mol. The second-order valence-electron chi connectivity index (χ2n) is 6.14. The summed E-state index contributed by atoms with van der Waals surface area (Å²) >= 11 is 0. The van der Waals surface area contributed by atoms with Crippen LogP contribution in [0.4, 0.5) is 4.79 Å². The molecule has 0 aromatic heterocycles. The number of urea groups is 1. The Labute approximate surface area is 119 Å². The van der Waals surface area contributed by atoms with E-state index in [4.69, 9.17) is 9.84 Å². The van der Waals surface area contributed by atoms with Crippen molar-refractivity contribution in [3.63, 3.8) is 0 Å². The fourth-order valence-electron chi connectivity index (χ4n) is 3.10. The fourth-order valence-corrected chi connectivity index (χ4v) is 3.10. The molecule has 1 aliphatic heterocycles. The molecule has 2 rings (SSSR count). The number of carboxylic acids is 1. The average molecular weight is 284 g/mol. The molecule has 2 amide bonds. The Morgan fingerprint density at radius 2 is 2.00 bits per heavy atom. The molecule has 1 aliphatic carbocycles. The van der Waals surface area contributed by atoms with E-state index < -0.39 is 5.97 Å². The van der Waals surface area contributed by atoms with Gasteiger partial charge in [0.1, 0.15) is 0 Å². The fraction of sp³-hybridized carbons (Fsp3) is 0.857. The summed E-state index contributed by atoms with van der Waals surface area (Å²) in [7, 11) is 0. The molecule has 1 saturated heterocycles. The van der Waals surface area contributed by atoms with Crippen LogP contribution in [-0.4, -0.2) is 42.4 Å². The lowest BCUT2D eigenvalue weighted by Crippen LogP contribution is -2.53. The number of ether oxygens (including phenoxy) is 1. The number of hydrogen-bond acceptors (Lipinski definition) is 3. The molecule has 2 aliphatic rings. The second-order valence-corrected chi connectivity index (χ2v) is 6.14. The molecular weight excluding hydrogens is 260 g/mol. The molecule has 6 nitrogen and oxygen atoms in total. The number of hydrogen-bond donors (Lipinski definition) is 3. The molecule has 2 unspecified atom stereocenters. The SMILES string of the molecule is CC1(NC(=O)NCC2CCCC2C(=O)O)CCOCC1. The summed E-state index contributed by atoms with van der Waals surface area (Å²) in [6, 6.07) is -0.203. The van der Waals surface area contributed by atoms with E-state index >= 15 is 0 Å². The molecule has 0 bridgehead atoms. The van der Waals surface area contributed by atoms with Crippen molar-refractivity contribution in [2.45, 2.75) is 44.6 Å². The number of carbonyl (C=O) groups excluding carboxylic acids is 1. The number of carbonyl (C=O) groups is 2. The zero-order chi connectivity index (χ0) is 14.6. The van der Waals surface area contributed by atoms with Crippen LogP contribution in [0.1, 0.15) is 39.0 Å². The van der Waals surface area contributed by atoms with Gasteiger partial charge in [-0.1, -0.05) is 6.42 Å². The summed E-state index contributed by atoms with van der Waals surface area (Å²) < 4.78 is 5.29. The standard InChI is InChI=1S/C14H24N2O4/c1-14(5-7-20-8-6-14)16-13(19)15-9-10-3-2-4-11(10)12(17)18/h10-11H,2-9H2,1H3,(H,17,18)(H2,15,16,19). The predicted octanol–water partition coefficient (Wildman–Crippen LogP) is 1.36. The van der Waals surface area contributed by atoms with E-state index in [1.165, 1.54) is 0 Å². The van der Waals surface area contributed by atoms with Crippen LogP contribution in [0.25, 0.3) is 0 Å². The van der Waals surface area contributed by atoms with Crippen LogP contribution in [0.15, 0.2) is 0 Å². The lowest BCUT2D eigenvalue weighted by Gasteiger charge is -2.34. The van der Waals surface area contributed by atoms with Crippen molar-refractivity contribution >= 4 is 12.0 Å². The molecule has 0 aromatic rings. The number of rotatable bonds is 4. The first-order valence-corrected chi connectivity index (χ1v) is 7.37. The zero-order valence-electron chi connectivity index (χ0n) is 12.0. The van der Waals surface area contributed by atoms with Crippen molar-refractivity contribution < 1.29 is 19.4 Å². The van der Waals surface area contributed by atoms with Crippen LogP contribution in [0.3, 0.4) is 0 Å². The Morgan fingerprint density at radius 3 is 2.65 bits per heavy atom. The van der Waals surface area contributed by atoms with Crippen LogP contribution >= 0.6 is 0 Å². The Balaban J connectivity index is 1.76. The Morgan fingerprint density at radius 1 is 1.30 bits per heavy atom. The number of amides is 2. The van der Waals surface area contributed by atoms with E-state index in [2.05, 4.69) is 10.6 Å². The first-order chi connectivity index (χ1) is 9.50. The van der Waals surface area contributed by atoms with Crippen LogP contribution < -0.4 is 10.6 Å². The van der Waals surface area contributed by atoms with Crippen molar-refractivity contribution in [2.75, 3.05) is 19.8 Å². The highest BCUT2D eigenvalue weighted by molar-refractivity contribution is 5.75. The monoisotopic (exact) mass is 284 g/mol. The minimum Gasteiger partial charge on any atom is -0.481 e. The Hall–Kier alpha value is -1.30.